The number of aromatic hydroxyl groups is 1. The smallest absolute Gasteiger partial charge is 0.162 e. The zero-order valence-electron chi connectivity index (χ0n) is 9.10. The molecule has 1 atom stereocenters. The molecule has 2 N–H and O–H groups in total. The van der Waals surface area contributed by atoms with Crippen molar-refractivity contribution in [3.8, 4) is 11.5 Å². The molecule has 0 radical (unpaired) electrons. The number of benzene rings is 1. The third kappa shape index (κ3) is 2.58. The summed E-state index contributed by atoms with van der Waals surface area (Å²) in [5.74, 6) is 0.697. The number of ether oxygens (including phenoxy) is 2. The average molecular weight is 246 g/mol. The van der Waals surface area contributed by atoms with E-state index in [9.17, 15) is 5.11 Å². The summed E-state index contributed by atoms with van der Waals surface area (Å²) in [4.78, 5) is 0. The van der Waals surface area contributed by atoms with Crippen molar-refractivity contribution in [2.45, 2.75) is 6.04 Å². The van der Waals surface area contributed by atoms with Gasteiger partial charge in [0.25, 0.3) is 0 Å². The van der Waals surface area contributed by atoms with E-state index >= 15 is 0 Å². The van der Waals surface area contributed by atoms with Crippen LogP contribution in [0.15, 0.2) is 18.2 Å². The van der Waals surface area contributed by atoms with E-state index in [0.717, 1.165) is 18.7 Å². The first-order valence-corrected chi connectivity index (χ1v) is 5.00. The minimum absolute atomic E-state index is 0. The second-order valence-corrected chi connectivity index (χ2v) is 3.48. The molecule has 1 heterocycles. The van der Waals surface area contributed by atoms with E-state index in [4.69, 9.17) is 9.47 Å². The number of hydrogen-bond acceptors (Lipinski definition) is 4. The van der Waals surface area contributed by atoms with Crippen molar-refractivity contribution in [1.29, 1.82) is 0 Å². The monoisotopic (exact) mass is 245 g/mol. The van der Waals surface area contributed by atoms with Gasteiger partial charge in [-0.15, -0.1) is 12.4 Å². The van der Waals surface area contributed by atoms with E-state index in [1.807, 2.05) is 12.1 Å². The second-order valence-electron chi connectivity index (χ2n) is 3.48. The van der Waals surface area contributed by atoms with Gasteiger partial charge in [-0.3, -0.25) is 0 Å². The van der Waals surface area contributed by atoms with Gasteiger partial charge in [-0.05, 0) is 6.07 Å². The molecule has 1 aliphatic rings. The molecule has 0 bridgehead atoms. The summed E-state index contributed by atoms with van der Waals surface area (Å²) in [6.07, 6.45) is 0. The molecule has 1 aromatic rings. The zero-order valence-corrected chi connectivity index (χ0v) is 9.92. The Labute approximate surface area is 101 Å². The summed E-state index contributed by atoms with van der Waals surface area (Å²) in [5, 5.41) is 13.2. The number of phenols is 1. The quantitative estimate of drug-likeness (QED) is 0.829. The molecule has 0 aliphatic carbocycles. The lowest BCUT2D eigenvalue weighted by Crippen LogP contribution is -2.34. The van der Waals surface area contributed by atoms with E-state index in [0.29, 0.717) is 12.4 Å². The van der Waals surface area contributed by atoms with Gasteiger partial charge in [-0.25, -0.2) is 0 Å². The minimum atomic E-state index is 0. The Morgan fingerprint density at radius 1 is 1.50 bits per heavy atom. The maximum atomic E-state index is 9.92. The molecular weight excluding hydrogens is 230 g/mol. The molecule has 0 unspecified atom stereocenters. The van der Waals surface area contributed by atoms with Crippen molar-refractivity contribution in [1.82, 2.24) is 5.32 Å². The Balaban J connectivity index is 0.00000128. The predicted octanol–water partition coefficient (Wildman–Crippen LogP) is 1.48. The normalized spacial score (nSPS) is 19.9. The van der Waals surface area contributed by atoms with Gasteiger partial charge in [0.1, 0.15) is 0 Å². The highest BCUT2D eigenvalue weighted by Crippen LogP contribution is 2.33. The third-order valence-corrected chi connectivity index (χ3v) is 2.55. The SMILES string of the molecule is COc1cccc([C@H]2COCCN2)c1O.Cl. The van der Waals surface area contributed by atoms with Crippen molar-refractivity contribution in [2.75, 3.05) is 26.9 Å². The molecule has 90 valence electrons. The number of hydrogen-bond donors (Lipinski definition) is 2. The van der Waals surface area contributed by atoms with Crippen LogP contribution in [0.3, 0.4) is 0 Å². The maximum Gasteiger partial charge on any atom is 0.162 e. The number of halogens is 1. The van der Waals surface area contributed by atoms with Crippen LogP contribution in [0, 0.1) is 0 Å². The summed E-state index contributed by atoms with van der Waals surface area (Å²) in [6.45, 7) is 2.11. The molecule has 16 heavy (non-hydrogen) atoms. The van der Waals surface area contributed by atoms with Crippen LogP contribution in [0.25, 0.3) is 0 Å². The van der Waals surface area contributed by atoms with Crippen molar-refractivity contribution >= 4 is 12.4 Å². The Kier molecular flexibility index (Phi) is 4.86. The van der Waals surface area contributed by atoms with Crippen LogP contribution in [0.1, 0.15) is 11.6 Å². The highest BCUT2D eigenvalue weighted by molar-refractivity contribution is 5.85. The highest BCUT2D eigenvalue weighted by atomic mass is 35.5. The van der Waals surface area contributed by atoms with Gasteiger partial charge in [0.2, 0.25) is 0 Å². The summed E-state index contributed by atoms with van der Waals surface area (Å²) in [6, 6.07) is 5.53. The molecule has 1 saturated heterocycles. The molecule has 1 aromatic carbocycles. The molecule has 2 rings (SSSR count). The third-order valence-electron chi connectivity index (χ3n) is 2.55. The van der Waals surface area contributed by atoms with Crippen LogP contribution < -0.4 is 10.1 Å². The van der Waals surface area contributed by atoms with Crippen LogP contribution in [-0.2, 0) is 4.74 Å². The largest absolute Gasteiger partial charge is 0.504 e. The standard InChI is InChI=1S/C11H15NO3.ClH/c1-14-10-4-2-3-8(11(10)13)9-7-15-6-5-12-9;/h2-4,9,12-13H,5-7H2,1H3;1H/t9-;/m1./s1. The number of rotatable bonds is 2. The first kappa shape index (κ1) is 13.1. The molecule has 0 saturated carbocycles. The van der Waals surface area contributed by atoms with Crippen LogP contribution in [0.5, 0.6) is 11.5 Å². The van der Waals surface area contributed by atoms with Crippen molar-refractivity contribution in [3.05, 3.63) is 23.8 Å². The van der Waals surface area contributed by atoms with E-state index in [1.165, 1.54) is 0 Å². The maximum absolute atomic E-state index is 9.92. The molecule has 4 nitrogen and oxygen atoms in total. The van der Waals surface area contributed by atoms with E-state index in [-0.39, 0.29) is 24.2 Å². The molecule has 0 spiro atoms. The number of phenolic OH excluding ortho intramolecular Hbond substituents is 1. The summed E-state index contributed by atoms with van der Waals surface area (Å²) in [7, 11) is 1.55. The average Bonchev–Trinajstić information content (AvgIpc) is 2.30. The first-order valence-electron chi connectivity index (χ1n) is 5.00. The lowest BCUT2D eigenvalue weighted by atomic mass is 10.1. The Morgan fingerprint density at radius 3 is 2.94 bits per heavy atom. The molecule has 1 fully saturated rings. The van der Waals surface area contributed by atoms with Gasteiger partial charge in [0.05, 0.1) is 26.4 Å². The van der Waals surface area contributed by atoms with Gasteiger partial charge < -0.3 is 19.9 Å². The Morgan fingerprint density at radius 2 is 2.31 bits per heavy atom. The fraction of sp³-hybridized carbons (Fsp3) is 0.455. The van der Waals surface area contributed by atoms with Crippen LogP contribution in [0.4, 0.5) is 0 Å². The molecular formula is C11H16ClNO3. The molecule has 1 aliphatic heterocycles. The topological polar surface area (TPSA) is 50.7 Å². The van der Waals surface area contributed by atoms with Crippen LogP contribution in [0.2, 0.25) is 0 Å². The fourth-order valence-corrected chi connectivity index (χ4v) is 1.75. The minimum Gasteiger partial charge on any atom is -0.504 e. The van der Waals surface area contributed by atoms with Gasteiger partial charge in [-0.1, -0.05) is 12.1 Å². The van der Waals surface area contributed by atoms with Crippen LogP contribution >= 0.6 is 12.4 Å². The van der Waals surface area contributed by atoms with Gasteiger partial charge in [-0.2, -0.15) is 0 Å². The second kappa shape index (κ2) is 5.94. The first-order chi connectivity index (χ1) is 7.33. The lowest BCUT2D eigenvalue weighted by Gasteiger charge is -2.25. The van der Waals surface area contributed by atoms with Crippen molar-refractivity contribution < 1.29 is 14.6 Å². The Hall–Kier alpha value is -0.970. The van der Waals surface area contributed by atoms with Crippen molar-refractivity contribution in [3.63, 3.8) is 0 Å². The lowest BCUT2D eigenvalue weighted by molar-refractivity contribution is 0.0759. The van der Waals surface area contributed by atoms with Crippen LogP contribution in [-0.4, -0.2) is 32.0 Å². The van der Waals surface area contributed by atoms with E-state index in [2.05, 4.69) is 5.32 Å². The van der Waals surface area contributed by atoms with Crippen molar-refractivity contribution in [2.24, 2.45) is 0 Å². The summed E-state index contributed by atoms with van der Waals surface area (Å²) >= 11 is 0. The zero-order chi connectivity index (χ0) is 10.7. The number of methoxy groups -OCH3 is 1. The fourth-order valence-electron chi connectivity index (χ4n) is 1.75. The number of morpholine rings is 1. The van der Waals surface area contributed by atoms with Gasteiger partial charge in [0.15, 0.2) is 11.5 Å². The summed E-state index contributed by atoms with van der Waals surface area (Å²) in [5.41, 5.74) is 0.828. The molecule has 5 heteroatoms. The molecule has 0 amide bonds. The number of para-hydroxylation sites is 1. The van der Waals surface area contributed by atoms with Gasteiger partial charge >= 0.3 is 0 Å². The predicted molar refractivity (Wildman–Crippen MR) is 63.5 cm³/mol. The van der Waals surface area contributed by atoms with E-state index in [1.54, 1.807) is 13.2 Å². The Bertz CT molecular complexity index is 340. The molecule has 0 aromatic heterocycles. The highest BCUT2D eigenvalue weighted by Gasteiger charge is 2.19. The van der Waals surface area contributed by atoms with E-state index < -0.39 is 0 Å². The number of nitrogens with one attached hydrogen (secondary N) is 1. The summed E-state index contributed by atoms with van der Waals surface area (Å²) < 4.78 is 10.4. The van der Waals surface area contributed by atoms with Gasteiger partial charge in [0, 0.05) is 12.1 Å².